The molecule has 0 bridgehead atoms. The fourth-order valence-electron chi connectivity index (χ4n) is 4.91. The highest BCUT2D eigenvalue weighted by Gasteiger charge is 2.32. The molecule has 0 radical (unpaired) electrons. The zero-order valence-electron chi connectivity index (χ0n) is 21.7. The summed E-state index contributed by atoms with van der Waals surface area (Å²) in [6.45, 7) is 0.307. The van der Waals surface area contributed by atoms with E-state index in [9.17, 15) is 9.59 Å². The number of nitrogens with one attached hydrogen (secondary N) is 1. The van der Waals surface area contributed by atoms with Gasteiger partial charge in [-0.25, -0.2) is 0 Å². The van der Waals surface area contributed by atoms with Crippen molar-refractivity contribution in [2.24, 2.45) is 0 Å². The predicted molar refractivity (Wildman–Crippen MR) is 145 cm³/mol. The van der Waals surface area contributed by atoms with E-state index in [0.29, 0.717) is 13.0 Å². The van der Waals surface area contributed by atoms with Crippen molar-refractivity contribution in [3.05, 3.63) is 95.6 Å². The van der Waals surface area contributed by atoms with Crippen LogP contribution < -0.4 is 14.8 Å². The fraction of sp³-hybridized carbons (Fsp3) is 0.355. The molecule has 1 aliphatic rings. The van der Waals surface area contributed by atoms with E-state index in [0.717, 1.165) is 53.9 Å². The number of hydrogen-bond acceptors (Lipinski definition) is 4. The van der Waals surface area contributed by atoms with Crippen molar-refractivity contribution in [2.45, 2.75) is 57.2 Å². The first-order valence-corrected chi connectivity index (χ1v) is 13.0. The molecule has 0 heterocycles. The molecule has 2 amide bonds. The lowest BCUT2D eigenvalue weighted by Gasteiger charge is -2.32. The molecule has 6 nitrogen and oxygen atoms in total. The van der Waals surface area contributed by atoms with E-state index >= 15 is 0 Å². The van der Waals surface area contributed by atoms with Gasteiger partial charge in [-0.1, -0.05) is 67.4 Å². The second kappa shape index (κ2) is 12.9. The van der Waals surface area contributed by atoms with Crippen LogP contribution in [0, 0.1) is 0 Å². The fourth-order valence-corrected chi connectivity index (χ4v) is 4.91. The Hall–Kier alpha value is -3.80. The third-order valence-electron chi connectivity index (χ3n) is 6.97. The molecular formula is C31H36N2O4. The number of benzene rings is 3. The van der Waals surface area contributed by atoms with E-state index in [1.807, 2.05) is 78.9 Å². The highest BCUT2D eigenvalue weighted by atomic mass is 16.5. The van der Waals surface area contributed by atoms with Crippen LogP contribution in [0.5, 0.6) is 11.5 Å². The monoisotopic (exact) mass is 500 g/mol. The molecule has 1 saturated carbocycles. The number of nitrogens with zero attached hydrogens (tertiary/aromatic N) is 1. The maximum Gasteiger partial charge on any atom is 0.243 e. The van der Waals surface area contributed by atoms with Gasteiger partial charge in [0.1, 0.15) is 17.5 Å². The molecule has 1 fully saturated rings. The Kier molecular flexibility index (Phi) is 9.19. The molecule has 6 heteroatoms. The highest BCUT2D eigenvalue weighted by molar-refractivity contribution is 5.89. The van der Waals surface area contributed by atoms with Crippen molar-refractivity contribution in [3.8, 4) is 11.5 Å². The summed E-state index contributed by atoms with van der Waals surface area (Å²) >= 11 is 0. The summed E-state index contributed by atoms with van der Waals surface area (Å²) in [5.41, 5.74) is 2.80. The number of ether oxygens (including phenoxy) is 2. The summed E-state index contributed by atoms with van der Waals surface area (Å²) in [5, 5.41) is 3.25. The van der Waals surface area contributed by atoms with Gasteiger partial charge in [0.25, 0.3) is 0 Å². The number of methoxy groups -OCH3 is 2. The minimum Gasteiger partial charge on any atom is -0.497 e. The van der Waals surface area contributed by atoms with E-state index < -0.39 is 6.04 Å². The van der Waals surface area contributed by atoms with Gasteiger partial charge in [-0.2, -0.15) is 0 Å². The first-order valence-electron chi connectivity index (χ1n) is 13.0. The SMILES string of the molecule is COc1ccc(CC(=O)N(Cc2cccc(OC)c2)C(Cc2ccccc2)C(=O)NC2CCCC2)cc1. The van der Waals surface area contributed by atoms with Crippen molar-refractivity contribution in [1.82, 2.24) is 10.2 Å². The average Bonchev–Trinajstić information content (AvgIpc) is 3.44. The Morgan fingerprint density at radius 2 is 1.51 bits per heavy atom. The van der Waals surface area contributed by atoms with Crippen LogP contribution >= 0.6 is 0 Å². The average molecular weight is 501 g/mol. The second-order valence-electron chi connectivity index (χ2n) is 9.59. The van der Waals surface area contributed by atoms with Crippen LogP contribution in [0.4, 0.5) is 0 Å². The van der Waals surface area contributed by atoms with Gasteiger partial charge in [0.05, 0.1) is 20.6 Å². The molecule has 194 valence electrons. The molecule has 3 aromatic rings. The second-order valence-corrected chi connectivity index (χ2v) is 9.59. The lowest BCUT2D eigenvalue weighted by Crippen LogP contribution is -2.52. The minimum atomic E-state index is -0.639. The van der Waals surface area contributed by atoms with E-state index in [2.05, 4.69) is 5.32 Å². The van der Waals surface area contributed by atoms with Crippen molar-refractivity contribution >= 4 is 11.8 Å². The Labute approximate surface area is 219 Å². The molecule has 37 heavy (non-hydrogen) atoms. The van der Waals surface area contributed by atoms with Crippen LogP contribution in [-0.2, 0) is 29.0 Å². The summed E-state index contributed by atoms with van der Waals surface area (Å²) in [6, 6.07) is 24.6. The van der Waals surface area contributed by atoms with Gasteiger partial charge in [-0.15, -0.1) is 0 Å². The van der Waals surface area contributed by atoms with Gasteiger partial charge in [0.2, 0.25) is 11.8 Å². The Morgan fingerprint density at radius 3 is 2.19 bits per heavy atom. The van der Waals surface area contributed by atoms with Crippen LogP contribution in [-0.4, -0.2) is 43.0 Å². The van der Waals surface area contributed by atoms with Crippen molar-refractivity contribution < 1.29 is 19.1 Å². The molecule has 0 aliphatic heterocycles. The number of carbonyl (C=O) groups excluding carboxylic acids is 2. The lowest BCUT2D eigenvalue weighted by atomic mass is 10.0. The van der Waals surface area contributed by atoms with Gasteiger partial charge < -0.3 is 19.7 Å². The summed E-state index contributed by atoms with van der Waals surface area (Å²) in [7, 11) is 3.24. The first-order chi connectivity index (χ1) is 18.1. The predicted octanol–water partition coefficient (Wildman–Crippen LogP) is 4.95. The zero-order chi connectivity index (χ0) is 26.0. The Bertz CT molecular complexity index is 1160. The molecule has 1 atom stereocenters. The van der Waals surface area contributed by atoms with E-state index in [-0.39, 0.29) is 24.3 Å². The first kappa shape index (κ1) is 26.3. The molecule has 0 aromatic heterocycles. The molecule has 0 saturated heterocycles. The Balaban J connectivity index is 1.65. The van der Waals surface area contributed by atoms with Crippen LogP contribution in [0.25, 0.3) is 0 Å². The summed E-state index contributed by atoms with van der Waals surface area (Å²) in [5.74, 6) is 1.26. The lowest BCUT2D eigenvalue weighted by molar-refractivity contribution is -0.141. The third-order valence-corrected chi connectivity index (χ3v) is 6.97. The van der Waals surface area contributed by atoms with Crippen LogP contribution in [0.3, 0.4) is 0 Å². The van der Waals surface area contributed by atoms with Crippen LogP contribution in [0.2, 0.25) is 0 Å². The van der Waals surface area contributed by atoms with Gasteiger partial charge in [-0.05, 0) is 53.8 Å². The van der Waals surface area contributed by atoms with Gasteiger partial charge in [0, 0.05) is 19.0 Å². The number of rotatable bonds is 11. The molecule has 1 unspecified atom stereocenters. The smallest absolute Gasteiger partial charge is 0.243 e. The quantitative estimate of drug-likeness (QED) is 0.405. The molecule has 1 aliphatic carbocycles. The maximum absolute atomic E-state index is 13.9. The topological polar surface area (TPSA) is 67.9 Å². The Morgan fingerprint density at radius 1 is 0.838 bits per heavy atom. The number of hydrogen-bond donors (Lipinski definition) is 1. The van der Waals surface area contributed by atoms with Crippen molar-refractivity contribution in [3.63, 3.8) is 0 Å². The summed E-state index contributed by atoms with van der Waals surface area (Å²) < 4.78 is 10.7. The van der Waals surface area contributed by atoms with Crippen LogP contribution in [0.15, 0.2) is 78.9 Å². The largest absolute Gasteiger partial charge is 0.497 e. The number of amides is 2. The van der Waals surface area contributed by atoms with Crippen LogP contribution in [0.1, 0.15) is 42.4 Å². The van der Waals surface area contributed by atoms with E-state index in [4.69, 9.17) is 9.47 Å². The third kappa shape index (κ3) is 7.35. The van der Waals surface area contributed by atoms with Gasteiger partial charge in [0.15, 0.2) is 0 Å². The minimum absolute atomic E-state index is 0.0956. The van der Waals surface area contributed by atoms with E-state index in [1.165, 1.54) is 0 Å². The zero-order valence-corrected chi connectivity index (χ0v) is 21.7. The molecule has 0 spiro atoms. The van der Waals surface area contributed by atoms with Crippen molar-refractivity contribution in [2.75, 3.05) is 14.2 Å². The maximum atomic E-state index is 13.9. The molecule has 4 rings (SSSR count). The van der Waals surface area contributed by atoms with Gasteiger partial charge in [-0.3, -0.25) is 9.59 Å². The van der Waals surface area contributed by atoms with E-state index in [1.54, 1.807) is 19.1 Å². The summed E-state index contributed by atoms with van der Waals surface area (Å²) in [6.07, 6.45) is 4.85. The highest BCUT2D eigenvalue weighted by Crippen LogP contribution is 2.22. The molecule has 1 N–H and O–H groups in total. The summed E-state index contributed by atoms with van der Waals surface area (Å²) in [4.78, 5) is 29.4. The normalized spacial score (nSPS) is 14.1. The number of carbonyl (C=O) groups is 2. The molecular weight excluding hydrogens is 464 g/mol. The molecule has 3 aromatic carbocycles. The van der Waals surface area contributed by atoms with Crippen molar-refractivity contribution in [1.29, 1.82) is 0 Å². The van der Waals surface area contributed by atoms with Gasteiger partial charge >= 0.3 is 0 Å². The standard InChI is InChI=1S/C31H36N2O4/c1-36-27-17-15-24(16-18-27)21-30(34)33(22-25-11-8-14-28(19-25)37-2)29(20-23-9-4-3-5-10-23)31(35)32-26-12-6-7-13-26/h3-5,8-11,14-19,26,29H,6-7,12-13,20-22H2,1-2H3,(H,32,35).